The van der Waals surface area contributed by atoms with E-state index in [-0.39, 0.29) is 18.4 Å². The van der Waals surface area contributed by atoms with Gasteiger partial charge in [-0.1, -0.05) is 31.4 Å². The Morgan fingerprint density at radius 3 is 2.32 bits per heavy atom. The van der Waals surface area contributed by atoms with Crippen molar-refractivity contribution < 1.29 is 13.2 Å². The van der Waals surface area contributed by atoms with Gasteiger partial charge in [-0.25, -0.2) is 0 Å². The van der Waals surface area contributed by atoms with E-state index in [2.05, 4.69) is 0 Å². The fourth-order valence-electron chi connectivity index (χ4n) is 2.69. The Kier molecular flexibility index (Phi) is 5.68. The van der Waals surface area contributed by atoms with Gasteiger partial charge in [-0.15, -0.1) is 12.4 Å². The van der Waals surface area contributed by atoms with Gasteiger partial charge >= 0.3 is 6.18 Å². The van der Waals surface area contributed by atoms with E-state index in [0.29, 0.717) is 11.5 Å². The van der Waals surface area contributed by atoms with Crippen LogP contribution in [-0.4, -0.2) is 0 Å². The molecule has 5 heteroatoms. The standard InChI is InChI=1S/C14H18F3N.ClH/c15-14(16,17)12-8-4-7-11(9-12)13(18)10-5-2-1-3-6-10;/h4,7-10,13H,1-3,5-6,18H2;1H. The number of hydrogen-bond acceptors (Lipinski definition) is 1. The summed E-state index contributed by atoms with van der Waals surface area (Å²) in [4.78, 5) is 0. The quantitative estimate of drug-likeness (QED) is 0.840. The fraction of sp³-hybridized carbons (Fsp3) is 0.571. The van der Waals surface area contributed by atoms with E-state index in [0.717, 1.165) is 31.7 Å². The lowest BCUT2D eigenvalue weighted by atomic mass is 9.81. The second kappa shape index (κ2) is 6.62. The predicted molar refractivity (Wildman–Crippen MR) is 72.2 cm³/mol. The number of hydrogen-bond donors (Lipinski definition) is 1. The molecule has 0 bridgehead atoms. The minimum absolute atomic E-state index is 0. The van der Waals surface area contributed by atoms with Gasteiger partial charge in [-0.3, -0.25) is 0 Å². The molecule has 1 atom stereocenters. The van der Waals surface area contributed by atoms with E-state index in [1.54, 1.807) is 6.07 Å². The summed E-state index contributed by atoms with van der Waals surface area (Å²) in [7, 11) is 0. The Balaban J connectivity index is 0.00000180. The van der Waals surface area contributed by atoms with Crippen LogP contribution in [0.2, 0.25) is 0 Å². The molecule has 1 nitrogen and oxygen atoms in total. The number of benzene rings is 1. The van der Waals surface area contributed by atoms with Crippen LogP contribution in [0.25, 0.3) is 0 Å². The highest BCUT2D eigenvalue weighted by Crippen LogP contribution is 2.35. The molecule has 0 amide bonds. The minimum Gasteiger partial charge on any atom is -0.324 e. The van der Waals surface area contributed by atoms with Crippen LogP contribution in [0.1, 0.15) is 49.3 Å². The monoisotopic (exact) mass is 293 g/mol. The predicted octanol–water partition coefficient (Wildman–Crippen LogP) is 4.71. The molecule has 2 N–H and O–H groups in total. The van der Waals surface area contributed by atoms with Crippen molar-refractivity contribution >= 4 is 12.4 Å². The van der Waals surface area contributed by atoms with E-state index in [4.69, 9.17) is 5.73 Å². The molecule has 0 spiro atoms. The smallest absolute Gasteiger partial charge is 0.324 e. The maximum Gasteiger partial charge on any atom is 0.416 e. The van der Waals surface area contributed by atoms with Crippen LogP contribution in [0.15, 0.2) is 24.3 Å². The highest BCUT2D eigenvalue weighted by molar-refractivity contribution is 5.85. The van der Waals surface area contributed by atoms with Gasteiger partial charge < -0.3 is 5.73 Å². The molecule has 2 rings (SSSR count). The average molecular weight is 294 g/mol. The van der Waals surface area contributed by atoms with Crippen molar-refractivity contribution in [2.24, 2.45) is 11.7 Å². The summed E-state index contributed by atoms with van der Waals surface area (Å²) in [5.74, 6) is 0.322. The molecule has 1 aromatic carbocycles. The molecule has 0 aromatic heterocycles. The van der Waals surface area contributed by atoms with Gasteiger partial charge in [0.25, 0.3) is 0 Å². The summed E-state index contributed by atoms with van der Waals surface area (Å²) < 4.78 is 37.9. The summed E-state index contributed by atoms with van der Waals surface area (Å²) in [6, 6.07) is 5.17. The number of rotatable bonds is 2. The molecule has 0 radical (unpaired) electrons. The Bertz CT molecular complexity index is 400. The van der Waals surface area contributed by atoms with Crippen LogP contribution in [-0.2, 0) is 6.18 Å². The first kappa shape index (κ1) is 16.3. The molecule has 1 aliphatic rings. The SMILES string of the molecule is Cl.NC(c1cccc(C(F)(F)F)c1)C1CCCCC1. The molecule has 1 unspecified atom stereocenters. The first-order valence-corrected chi connectivity index (χ1v) is 6.41. The third kappa shape index (κ3) is 4.11. The van der Waals surface area contributed by atoms with Crippen molar-refractivity contribution in [3.63, 3.8) is 0 Å². The second-order valence-corrected chi connectivity index (χ2v) is 5.05. The lowest BCUT2D eigenvalue weighted by Crippen LogP contribution is -2.24. The molecule has 1 fully saturated rings. The minimum atomic E-state index is -4.29. The van der Waals surface area contributed by atoms with E-state index in [1.165, 1.54) is 18.6 Å². The average Bonchev–Trinajstić information content (AvgIpc) is 2.38. The van der Waals surface area contributed by atoms with Crippen LogP contribution in [0.3, 0.4) is 0 Å². The van der Waals surface area contributed by atoms with E-state index >= 15 is 0 Å². The number of alkyl halides is 3. The van der Waals surface area contributed by atoms with Crippen molar-refractivity contribution in [1.82, 2.24) is 0 Å². The maximum absolute atomic E-state index is 12.6. The first-order valence-electron chi connectivity index (χ1n) is 6.41. The van der Waals surface area contributed by atoms with Crippen LogP contribution in [0.4, 0.5) is 13.2 Å². The molecular formula is C14H19ClF3N. The number of halogens is 4. The zero-order chi connectivity index (χ0) is 13.2. The van der Waals surface area contributed by atoms with Gasteiger partial charge in [0.05, 0.1) is 5.56 Å². The zero-order valence-electron chi connectivity index (χ0n) is 10.6. The van der Waals surface area contributed by atoms with Gasteiger partial charge in [-0.2, -0.15) is 13.2 Å². The molecule has 19 heavy (non-hydrogen) atoms. The van der Waals surface area contributed by atoms with Crippen molar-refractivity contribution in [3.05, 3.63) is 35.4 Å². The third-order valence-corrected chi connectivity index (χ3v) is 3.76. The molecule has 1 saturated carbocycles. The summed E-state index contributed by atoms with van der Waals surface area (Å²) >= 11 is 0. The van der Waals surface area contributed by atoms with Crippen molar-refractivity contribution in [2.45, 2.75) is 44.3 Å². The molecule has 1 aromatic rings. The summed E-state index contributed by atoms with van der Waals surface area (Å²) in [6.45, 7) is 0. The third-order valence-electron chi connectivity index (χ3n) is 3.76. The summed E-state index contributed by atoms with van der Waals surface area (Å²) in [6.07, 6.45) is 1.25. The summed E-state index contributed by atoms with van der Waals surface area (Å²) in [5.41, 5.74) is 6.12. The van der Waals surface area contributed by atoms with E-state index in [1.807, 2.05) is 0 Å². The maximum atomic E-state index is 12.6. The first-order chi connectivity index (χ1) is 8.48. The van der Waals surface area contributed by atoms with E-state index < -0.39 is 11.7 Å². The lowest BCUT2D eigenvalue weighted by molar-refractivity contribution is -0.137. The largest absolute Gasteiger partial charge is 0.416 e. The topological polar surface area (TPSA) is 26.0 Å². The Hall–Kier alpha value is -0.740. The Morgan fingerprint density at radius 2 is 1.74 bits per heavy atom. The van der Waals surface area contributed by atoms with Crippen LogP contribution in [0, 0.1) is 5.92 Å². The fourth-order valence-corrected chi connectivity index (χ4v) is 2.69. The highest BCUT2D eigenvalue weighted by atomic mass is 35.5. The van der Waals surface area contributed by atoms with Gasteiger partial charge in [0.2, 0.25) is 0 Å². The van der Waals surface area contributed by atoms with Gasteiger partial charge in [0, 0.05) is 6.04 Å². The van der Waals surface area contributed by atoms with Crippen molar-refractivity contribution in [2.75, 3.05) is 0 Å². The molecule has 108 valence electrons. The van der Waals surface area contributed by atoms with Crippen LogP contribution in [0.5, 0.6) is 0 Å². The molecule has 0 saturated heterocycles. The number of nitrogens with two attached hydrogens (primary N) is 1. The molecule has 0 aliphatic heterocycles. The zero-order valence-corrected chi connectivity index (χ0v) is 11.4. The Labute approximate surface area is 117 Å². The van der Waals surface area contributed by atoms with Gasteiger partial charge in [-0.05, 0) is 36.5 Å². The van der Waals surface area contributed by atoms with Gasteiger partial charge in [0.15, 0.2) is 0 Å². The molecule has 1 aliphatic carbocycles. The Morgan fingerprint density at radius 1 is 1.11 bits per heavy atom. The normalized spacial score (nSPS) is 18.7. The van der Waals surface area contributed by atoms with E-state index in [9.17, 15) is 13.2 Å². The lowest BCUT2D eigenvalue weighted by Gasteiger charge is -2.28. The molecular weight excluding hydrogens is 275 g/mol. The van der Waals surface area contributed by atoms with Crippen molar-refractivity contribution in [1.29, 1.82) is 0 Å². The highest BCUT2D eigenvalue weighted by Gasteiger charge is 2.31. The van der Waals surface area contributed by atoms with Crippen LogP contribution < -0.4 is 5.73 Å². The van der Waals surface area contributed by atoms with Gasteiger partial charge in [0.1, 0.15) is 0 Å². The van der Waals surface area contributed by atoms with Crippen LogP contribution >= 0.6 is 12.4 Å². The molecule has 0 heterocycles. The summed E-state index contributed by atoms with van der Waals surface area (Å²) in [5, 5.41) is 0. The second-order valence-electron chi connectivity index (χ2n) is 5.05. The van der Waals surface area contributed by atoms with Crippen molar-refractivity contribution in [3.8, 4) is 0 Å².